The Morgan fingerprint density at radius 2 is 1.93 bits per heavy atom. The summed E-state index contributed by atoms with van der Waals surface area (Å²) in [5.41, 5.74) is 1.07. The molecular weight excluding hydrogens is 467 g/mol. The van der Waals surface area contributed by atoms with Crippen LogP contribution in [0.5, 0.6) is 17.4 Å². The molecule has 3 rings (SSSR count). The van der Waals surface area contributed by atoms with Crippen LogP contribution in [0.3, 0.4) is 0 Å². The maximum atomic E-state index is 5.78. The fourth-order valence-electron chi connectivity index (χ4n) is 3.18. The van der Waals surface area contributed by atoms with Crippen molar-refractivity contribution >= 4 is 29.9 Å². The molecule has 0 aliphatic heterocycles. The Hall–Kier alpha value is -2.03. The predicted molar refractivity (Wildman–Crippen MR) is 123 cm³/mol. The topological polar surface area (TPSA) is 67.8 Å². The zero-order valence-electron chi connectivity index (χ0n) is 16.5. The van der Waals surface area contributed by atoms with Gasteiger partial charge in [-0.1, -0.05) is 31.4 Å². The minimum absolute atomic E-state index is 0. The zero-order valence-corrected chi connectivity index (χ0v) is 18.8. The third kappa shape index (κ3) is 6.85. The molecule has 0 spiro atoms. The van der Waals surface area contributed by atoms with Crippen LogP contribution in [0.4, 0.5) is 0 Å². The predicted octanol–water partition coefficient (Wildman–Crippen LogP) is 4.50. The Balaban J connectivity index is 0.00000280. The Morgan fingerprint density at radius 1 is 1.14 bits per heavy atom. The summed E-state index contributed by atoms with van der Waals surface area (Å²) < 4.78 is 11.0. The molecular formula is C21H29IN4O2. The molecule has 0 saturated heterocycles. The quantitative estimate of drug-likeness (QED) is 0.350. The monoisotopic (exact) mass is 496 g/mol. The van der Waals surface area contributed by atoms with Crippen molar-refractivity contribution < 1.29 is 9.47 Å². The first-order valence-electron chi connectivity index (χ1n) is 9.51. The van der Waals surface area contributed by atoms with Gasteiger partial charge in [0.15, 0.2) is 5.96 Å². The van der Waals surface area contributed by atoms with Crippen molar-refractivity contribution in [1.29, 1.82) is 0 Å². The molecule has 1 aliphatic rings. The molecule has 0 unspecified atom stereocenters. The van der Waals surface area contributed by atoms with Crippen LogP contribution >= 0.6 is 24.0 Å². The van der Waals surface area contributed by atoms with Gasteiger partial charge in [0.25, 0.3) is 0 Å². The molecule has 152 valence electrons. The van der Waals surface area contributed by atoms with Gasteiger partial charge in [0.1, 0.15) is 11.5 Å². The van der Waals surface area contributed by atoms with Crippen molar-refractivity contribution in [2.75, 3.05) is 14.2 Å². The highest BCUT2D eigenvalue weighted by Gasteiger charge is 2.14. The van der Waals surface area contributed by atoms with Crippen LogP contribution in [-0.2, 0) is 6.54 Å². The highest BCUT2D eigenvalue weighted by molar-refractivity contribution is 14.0. The number of hydrogen-bond donors (Lipinski definition) is 2. The van der Waals surface area contributed by atoms with E-state index in [4.69, 9.17) is 9.47 Å². The van der Waals surface area contributed by atoms with Crippen molar-refractivity contribution in [1.82, 2.24) is 15.6 Å². The highest BCUT2D eigenvalue weighted by atomic mass is 127. The average Bonchev–Trinajstić information content (AvgIpc) is 2.73. The van der Waals surface area contributed by atoms with E-state index in [0.717, 1.165) is 17.3 Å². The van der Waals surface area contributed by atoms with E-state index in [1.54, 1.807) is 7.11 Å². The maximum absolute atomic E-state index is 5.78. The summed E-state index contributed by atoms with van der Waals surface area (Å²) in [5.74, 6) is 2.85. The fourth-order valence-corrected chi connectivity index (χ4v) is 3.18. The first-order chi connectivity index (χ1) is 13.3. The van der Waals surface area contributed by atoms with Crippen molar-refractivity contribution in [2.24, 2.45) is 4.99 Å². The van der Waals surface area contributed by atoms with Gasteiger partial charge in [-0.25, -0.2) is 4.98 Å². The molecule has 1 aliphatic carbocycles. The van der Waals surface area contributed by atoms with E-state index >= 15 is 0 Å². The summed E-state index contributed by atoms with van der Waals surface area (Å²) in [6.07, 6.45) is 8.20. The van der Waals surface area contributed by atoms with Gasteiger partial charge in [0.2, 0.25) is 5.88 Å². The van der Waals surface area contributed by atoms with E-state index < -0.39 is 0 Å². The Morgan fingerprint density at radius 3 is 2.61 bits per heavy atom. The number of hydrogen-bond acceptors (Lipinski definition) is 4. The summed E-state index contributed by atoms with van der Waals surface area (Å²) >= 11 is 0. The number of aromatic nitrogens is 1. The van der Waals surface area contributed by atoms with Gasteiger partial charge >= 0.3 is 0 Å². The van der Waals surface area contributed by atoms with Crippen molar-refractivity contribution in [3.05, 3.63) is 48.2 Å². The molecule has 0 amide bonds. The van der Waals surface area contributed by atoms with Crippen LogP contribution in [0.15, 0.2) is 47.6 Å². The molecule has 2 aromatic rings. The van der Waals surface area contributed by atoms with Gasteiger partial charge < -0.3 is 20.1 Å². The second-order valence-electron chi connectivity index (χ2n) is 6.69. The third-order valence-electron chi connectivity index (χ3n) is 4.69. The molecule has 0 atom stereocenters. The van der Waals surface area contributed by atoms with Gasteiger partial charge in [-0.2, -0.15) is 0 Å². The standard InChI is InChI=1S/C21H28N4O2.HI/c1-22-21(25-17-7-4-3-5-8-17)24-15-16-11-12-20(23-14-16)27-19-10-6-9-18(13-19)26-2;/h6,9-14,17H,3-5,7-8,15H2,1-2H3,(H2,22,24,25);1H. The number of ether oxygens (including phenoxy) is 2. The summed E-state index contributed by atoms with van der Waals surface area (Å²) in [5, 5.41) is 6.87. The number of methoxy groups -OCH3 is 1. The minimum Gasteiger partial charge on any atom is -0.497 e. The smallest absolute Gasteiger partial charge is 0.219 e. The molecule has 7 heteroatoms. The Kier molecular flexibility index (Phi) is 9.33. The minimum atomic E-state index is 0. The SMILES string of the molecule is CN=C(NCc1ccc(Oc2cccc(OC)c2)nc1)NC1CCCCC1.I. The van der Waals surface area contributed by atoms with E-state index in [0.29, 0.717) is 24.2 Å². The number of benzene rings is 1. The van der Waals surface area contributed by atoms with Crippen molar-refractivity contribution in [2.45, 2.75) is 44.7 Å². The number of aliphatic imine (C=N–C) groups is 1. The summed E-state index contributed by atoms with van der Waals surface area (Å²) in [6.45, 7) is 0.666. The van der Waals surface area contributed by atoms with E-state index in [1.165, 1.54) is 32.1 Å². The molecule has 1 saturated carbocycles. The van der Waals surface area contributed by atoms with Crippen molar-refractivity contribution in [3.63, 3.8) is 0 Å². The van der Waals surface area contributed by atoms with Gasteiger partial charge in [0.05, 0.1) is 7.11 Å². The highest BCUT2D eigenvalue weighted by Crippen LogP contribution is 2.23. The van der Waals surface area contributed by atoms with Crippen molar-refractivity contribution in [3.8, 4) is 17.4 Å². The van der Waals surface area contributed by atoms with Crippen LogP contribution < -0.4 is 20.1 Å². The third-order valence-corrected chi connectivity index (χ3v) is 4.69. The molecule has 0 bridgehead atoms. The van der Waals surface area contributed by atoms with Gasteiger partial charge in [-0.05, 0) is 30.5 Å². The average molecular weight is 496 g/mol. The number of rotatable bonds is 6. The van der Waals surface area contributed by atoms with E-state index in [1.807, 2.05) is 49.6 Å². The number of nitrogens with one attached hydrogen (secondary N) is 2. The normalized spacial score (nSPS) is 14.7. The molecule has 0 radical (unpaired) electrons. The summed E-state index contributed by atoms with van der Waals surface area (Å²) in [7, 11) is 3.44. The number of nitrogens with zero attached hydrogens (tertiary/aromatic N) is 2. The van der Waals surface area contributed by atoms with Crippen LogP contribution in [0.2, 0.25) is 0 Å². The summed E-state index contributed by atoms with van der Waals surface area (Å²) in [4.78, 5) is 8.71. The second kappa shape index (κ2) is 11.7. The molecule has 1 heterocycles. The van der Waals surface area contributed by atoms with Crippen LogP contribution in [0.1, 0.15) is 37.7 Å². The largest absolute Gasteiger partial charge is 0.497 e. The number of halogens is 1. The van der Waals surface area contributed by atoms with Gasteiger partial charge in [-0.3, -0.25) is 4.99 Å². The lowest BCUT2D eigenvalue weighted by Crippen LogP contribution is -2.43. The molecule has 1 fully saturated rings. The molecule has 28 heavy (non-hydrogen) atoms. The van der Waals surface area contributed by atoms with Gasteiger partial charge in [0, 0.05) is 38.0 Å². The second-order valence-corrected chi connectivity index (χ2v) is 6.69. The Labute approximate surface area is 184 Å². The first-order valence-corrected chi connectivity index (χ1v) is 9.51. The number of pyridine rings is 1. The summed E-state index contributed by atoms with van der Waals surface area (Å²) in [6, 6.07) is 11.9. The lowest BCUT2D eigenvalue weighted by atomic mass is 9.96. The van der Waals surface area contributed by atoms with E-state index in [-0.39, 0.29) is 24.0 Å². The number of guanidine groups is 1. The van der Waals surface area contributed by atoms with E-state index in [9.17, 15) is 0 Å². The van der Waals surface area contributed by atoms with Crippen LogP contribution in [0.25, 0.3) is 0 Å². The molecule has 2 N–H and O–H groups in total. The lowest BCUT2D eigenvalue weighted by molar-refractivity contribution is 0.407. The van der Waals surface area contributed by atoms with Crippen LogP contribution in [0, 0.1) is 0 Å². The van der Waals surface area contributed by atoms with E-state index in [2.05, 4.69) is 20.6 Å². The Bertz CT molecular complexity index is 746. The first kappa shape index (κ1) is 22.3. The molecule has 1 aromatic heterocycles. The van der Waals surface area contributed by atoms with Crippen LogP contribution in [-0.4, -0.2) is 31.1 Å². The fraction of sp³-hybridized carbons (Fsp3) is 0.429. The molecule has 1 aromatic carbocycles. The maximum Gasteiger partial charge on any atom is 0.219 e. The van der Waals surface area contributed by atoms with Gasteiger partial charge in [-0.15, -0.1) is 24.0 Å². The zero-order chi connectivity index (χ0) is 18.9. The molecule has 6 nitrogen and oxygen atoms in total. The lowest BCUT2D eigenvalue weighted by Gasteiger charge is -2.24.